The normalized spacial score (nSPS) is 11.0. The Balaban J connectivity index is 1.20. The first-order chi connectivity index (χ1) is 33.8. The summed E-state index contributed by atoms with van der Waals surface area (Å²) in [7, 11) is 0. The molecule has 0 aliphatic heterocycles. The Morgan fingerprint density at radius 3 is 1.78 bits per heavy atom. The number of esters is 4. The highest BCUT2D eigenvalue weighted by Crippen LogP contribution is 2.30. The molecule has 0 saturated carbocycles. The lowest BCUT2D eigenvalue weighted by atomic mass is 10.1. The fourth-order valence-electron chi connectivity index (χ4n) is 6.95. The summed E-state index contributed by atoms with van der Waals surface area (Å²) in [6.45, 7) is 11.6. The third-order valence-electron chi connectivity index (χ3n) is 10.8. The molecule has 0 aliphatic rings. The van der Waals surface area contributed by atoms with Gasteiger partial charge in [-0.25, -0.2) is 29.2 Å². The third-order valence-corrected chi connectivity index (χ3v) is 11.9. The molecule has 0 atom stereocenters. The van der Waals surface area contributed by atoms with E-state index in [0.29, 0.717) is 73.3 Å². The van der Waals surface area contributed by atoms with E-state index in [1.165, 1.54) is 6.42 Å². The number of nitrogens with zero attached hydrogens (tertiary/aromatic N) is 3. The number of benzene rings is 4. The van der Waals surface area contributed by atoms with Crippen LogP contribution >= 0.6 is 11.3 Å². The SMILES string of the molecule is C=CC(=O)OCCCCCCOc1ccc(C(=O)OCCc2ccc(OC(=O)c3ccc(OCCCCCCOC(=O)C=C)cc3)c(/C=N/N(CCCCCCC)c3nc4ccccc4s3)c2)cc1. The van der Waals surface area contributed by atoms with Crippen LogP contribution in [0, 0.1) is 0 Å². The van der Waals surface area contributed by atoms with Crippen LogP contribution in [0.5, 0.6) is 17.2 Å². The van der Waals surface area contributed by atoms with Gasteiger partial charge < -0.3 is 28.4 Å². The van der Waals surface area contributed by atoms with Crippen molar-refractivity contribution in [1.29, 1.82) is 0 Å². The largest absolute Gasteiger partial charge is 0.494 e. The van der Waals surface area contributed by atoms with Crippen molar-refractivity contribution >= 4 is 56.8 Å². The number of para-hydroxylation sites is 1. The molecule has 5 aromatic rings. The highest BCUT2D eigenvalue weighted by molar-refractivity contribution is 7.22. The number of hydrazone groups is 1. The third kappa shape index (κ3) is 19.4. The summed E-state index contributed by atoms with van der Waals surface area (Å²) < 4.78 is 34.5. The Kier molecular flexibility index (Phi) is 23.5. The zero-order valence-corrected chi connectivity index (χ0v) is 40.6. The minimum atomic E-state index is -0.536. The minimum Gasteiger partial charge on any atom is -0.494 e. The van der Waals surface area contributed by atoms with Crippen LogP contribution in [-0.4, -0.2) is 74.7 Å². The van der Waals surface area contributed by atoms with Crippen LogP contribution in [0.2, 0.25) is 0 Å². The van der Waals surface area contributed by atoms with Gasteiger partial charge in [-0.3, -0.25) is 0 Å². The first-order valence-electron chi connectivity index (χ1n) is 24.0. The molecule has 14 heteroatoms. The molecule has 1 heterocycles. The Morgan fingerprint density at radius 2 is 1.19 bits per heavy atom. The number of carbonyl (C=O) groups is 4. The second kappa shape index (κ2) is 30.6. The van der Waals surface area contributed by atoms with Gasteiger partial charge in [-0.2, -0.15) is 5.10 Å². The van der Waals surface area contributed by atoms with Gasteiger partial charge in [0.15, 0.2) is 0 Å². The number of anilines is 1. The van der Waals surface area contributed by atoms with Gasteiger partial charge in [-0.1, -0.05) is 75.3 Å². The van der Waals surface area contributed by atoms with Gasteiger partial charge in [0.1, 0.15) is 17.2 Å². The zero-order valence-electron chi connectivity index (χ0n) is 39.8. The first-order valence-corrected chi connectivity index (χ1v) is 24.8. The minimum absolute atomic E-state index is 0.122. The predicted molar refractivity (Wildman–Crippen MR) is 272 cm³/mol. The molecule has 0 radical (unpaired) electrons. The second-order valence-corrected chi connectivity index (χ2v) is 17.2. The zero-order chi connectivity index (χ0) is 48.9. The molecule has 69 heavy (non-hydrogen) atoms. The van der Waals surface area contributed by atoms with Gasteiger partial charge in [0.2, 0.25) is 5.13 Å². The standard InChI is InChI=1S/C55H65N3O10S/c1-4-7-8-9-16-34-58(55-57-48-21-14-15-22-50(48)69-55)56-41-45-40-42(33-39-67-53(61)43-24-28-46(29-25-43)63-35-17-10-12-19-37-65-51(59)5-2)23-32-49(45)68-54(62)44-26-30-47(31-27-44)64-36-18-11-13-20-38-66-52(60)6-3/h5-6,14-15,21-32,40-41H,2-4,7-13,16-20,33-39H2,1H3/b56-41+. The fourth-order valence-corrected chi connectivity index (χ4v) is 7.90. The monoisotopic (exact) mass is 959 g/mol. The lowest BCUT2D eigenvalue weighted by molar-refractivity contribution is -0.138. The molecule has 13 nitrogen and oxygen atoms in total. The summed E-state index contributed by atoms with van der Waals surface area (Å²) in [5.74, 6) is -0.179. The van der Waals surface area contributed by atoms with Gasteiger partial charge in [0.25, 0.3) is 0 Å². The van der Waals surface area contributed by atoms with Crippen LogP contribution in [0.15, 0.2) is 121 Å². The maximum absolute atomic E-state index is 13.6. The van der Waals surface area contributed by atoms with E-state index in [4.69, 9.17) is 38.5 Å². The van der Waals surface area contributed by atoms with Crippen LogP contribution < -0.4 is 19.2 Å². The summed E-state index contributed by atoms with van der Waals surface area (Å²) in [5, 5.41) is 7.64. The Bertz CT molecular complexity index is 2380. The number of hydrogen-bond donors (Lipinski definition) is 0. The first kappa shape index (κ1) is 53.2. The Morgan fingerprint density at radius 1 is 0.623 bits per heavy atom. The molecule has 0 fully saturated rings. The molecular formula is C55H65N3O10S. The van der Waals surface area contributed by atoms with Crippen molar-refractivity contribution in [2.75, 3.05) is 44.6 Å². The molecule has 0 spiro atoms. The van der Waals surface area contributed by atoms with Gasteiger partial charge in [0.05, 0.1) is 60.6 Å². The molecule has 1 aromatic heterocycles. The van der Waals surface area contributed by atoms with Gasteiger partial charge in [-0.15, -0.1) is 0 Å². The average Bonchev–Trinajstić information content (AvgIpc) is 3.81. The van der Waals surface area contributed by atoms with E-state index in [1.807, 2.05) is 41.4 Å². The van der Waals surface area contributed by atoms with Gasteiger partial charge in [0, 0.05) is 30.7 Å². The number of unbranched alkanes of at least 4 members (excludes halogenated alkanes) is 10. The Labute approximate surface area is 410 Å². The summed E-state index contributed by atoms with van der Waals surface area (Å²) >= 11 is 1.58. The summed E-state index contributed by atoms with van der Waals surface area (Å²) in [6, 6.07) is 27.2. The number of ether oxygens (including phenoxy) is 6. The number of carbonyl (C=O) groups excluding carboxylic acids is 4. The van der Waals surface area contributed by atoms with E-state index >= 15 is 0 Å². The summed E-state index contributed by atoms with van der Waals surface area (Å²) in [6.07, 6.45) is 16.9. The Hall–Kier alpha value is -6.80. The van der Waals surface area contributed by atoms with Crippen LogP contribution in [-0.2, 0) is 30.2 Å². The van der Waals surface area contributed by atoms with Crippen molar-refractivity contribution in [3.8, 4) is 17.2 Å². The second-order valence-electron chi connectivity index (χ2n) is 16.2. The van der Waals surface area contributed by atoms with Crippen LogP contribution in [0.1, 0.15) is 122 Å². The van der Waals surface area contributed by atoms with Gasteiger partial charge in [-0.05, 0) is 136 Å². The molecule has 366 valence electrons. The molecule has 4 aromatic carbocycles. The van der Waals surface area contributed by atoms with E-state index in [0.717, 1.165) is 110 Å². The topological polar surface area (TPSA) is 152 Å². The predicted octanol–water partition coefficient (Wildman–Crippen LogP) is 12.1. The lowest BCUT2D eigenvalue weighted by Gasteiger charge is -2.16. The summed E-state index contributed by atoms with van der Waals surface area (Å²) in [4.78, 5) is 53.8. The van der Waals surface area contributed by atoms with Crippen molar-refractivity contribution in [2.45, 2.75) is 96.8 Å². The van der Waals surface area contributed by atoms with Crippen molar-refractivity contribution in [1.82, 2.24) is 4.98 Å². The van der Waals surface area contributed by atoms with E-state index in [-0.39, 0.29) is 6.61 Å². The van der Waals surface area contributed by atoms with Gasteiger partial charge >= 0.3 is 23.9 Å². The summed E-state index contributed by atoms with van der Waals surface area (Å²) in [5.41, 5.74) is 3.10. The van der Waals surface area contributed by atoms with Crippen LogP contribution in [0.3, 0.4) is 0 Å². The quantitative estimate of drug-likeness (QED) is 0.00748. The van der Waals surface area contributed by atoms with E-state index in [2.05, 4.69) is 20.1 Å². The number of aromatic nitrogens is 1. The number of fused-ring (bicyclic) bond motifs is 1. The molecule has 0 unspecified atom stereocenters. The van der Waals surface area contributed by atoms with E-state index in [9.17, 15) is 19.2 Å². The van der Waals surface area contributed by atoms with Crippen molar-refractivity contribution in [3.05, 3.63) is 139 Å². The number of thiazole rings is 1. The van der Waals surface area contributed by atoms with Crippen molar-refractivity contribution in [2.24, 2.45) is 5.10 Å². The smallest absolute Gasteiger partial charge is 0.343 e. The number of rotatable bonds is 33. The highest BCUT2D eigenvalue weighted by atomic mass is 32.1. The van der Waals surface area contributed by atoms with Crippen molar-refractivity contribution < 1.29 is 47.6 Å². The molecule has 5 rings (SSSR count). The molecule has 0 amide bonds. The number of hydrogen-bond acceptors (Lipinski definition) is 14. The lowest BCUT2D eigenvalue weighted by Crippen LogP contribution is -2.18. The van der Waals surface area contributed by atoms with Crippen LogP contribution in [0.4, 0.5) is 5.13 Å². The maximum Gasteiger partial charge on any atom is 0.343 e. The van der Waals surface area contributed by atoms with Crippen molar-refractivity contribution in [3.63, 3.8) is 0 Å². The molecule has 0 saturated heterocycles. The molecular weight excluding hydrogens is 895 g/mol. The molecule has 0 bridgehead atoms. The maximum atomic E-state index is 13.6. The molecule has 0 aliphatic carbocycles. The van der Waals surface area contributed by atoms with Crippen LogP contribution in [0.25, 0.3) is 10.2 Å². The van der Waals surface area contributed by atoms with E-state index < -0.39 is 23.9 Å². The highest BCUT2D eigenvalue weighted by Gasteiger charge is 2.16. The van der Waals surface area contributed by atoms with E-state index in [1.54, 1.807) is 72.1 Å². The molecule has 0 N–H and O–H groups in total. The fraction of sp³-hybridized carbons (Fsp3) is 0.382. The average molecular weight is 960 g/mol.